The van der Waals surface area contributed by atoms with Gasteiger partial charge in [-0.25, -0.2) is 9.97 Å². The summed E-state index contributed by atoms with van der Waals surface area (Å²) < 4.78 is 0. The van der Waals surface area contributed by atoms with Gasteiger partial charge in [0.15, 0.2) is 0 Å². The predicted molar refractivity (Wildman–Crippen MR) is 95.9 cm³/mol. The maximum atomic E-state index is 12.0. The van der Waals surface area contributed by atoms with Gasteiger partial charge in [-0.3, -0.25) is 4.79 Å². The van der Waals surface area contributed by atoms with Crippen LogP contribution in [0.2, 0.25) is 0 Å². The van der Waals surface area contributed by atoms with Gasteiger partial charge in [0.25, 0.3) is 0 Å². The summed E-state index contributed by atoms with van der Waals surface area (Å²) in [7, 11) is 0. The van der Waals surface area contributed by atoms with Crippen LogP contribution >= 0.6 is 0 Å². The van der Waals surface area contributed by atoms with E-state index in [4.69, 9.17) is 0 Å². The normalized spacial score (nSPS) is 14.9. The number of hydrogen-bond donors (Lipinski definition) is 2. The molecule has 5 heteroatoms. The van der Waals surface area contributed by atoms with Crippen LogP contribution in [0.1, 0.15) is 50.4 Å². The van der Waals surface area contributed by atoms with Gasteiger partial charge in [-0.1, -0.05) is 26.0 Å². The van der Waals surface area contributed by atoms with Crippen molar-refractivity contribution in [2.75, 3.05) is 10.6 Å². The molecule has 1 unspecified atom stereocenters. The van der Waals surface area contributed by atoms with Crippen LogP contribution in [-0.4, -0.2) is 15.9 Å². The Balaban J connectivity index is 1.60. The number of hydrogen-bond acceptors (Lipinski definition) is 4. The summed E-state index contributed by atoms with van der Waals surface area (Å²) in [6.45, 7) is 4.61. The molecule has 0 radical (unpaired) electrons. The highest BCUT2D eigenvalue weighted by molar-refractivity contribution is 5.92. The fourth-order valence-corrected chi connectivity index (χ4v) is 2.41. The van der Waals surface area contributed by atoms with Gasteiger partial charge >= 0.3 is 0 Å². The molecule has 1 aliphatic carbocycles. The van der Waals surface area contributed by atoms with Crippen LogP contribution in [0.3, 0.4) is 0 Å². The Hall–Kier alpha value is -2.43. The lowest BCUT2D eigenvalue weighted by Gasteiger charge is -2.12. The van der Waals surface area contributed by atoms with Gasteiger partial charge in [-0.2, -0.15) is 0 Å². The monoisotopic (exact) mass is 324 g/mol. The van der Waals surface area contributed by atoms with E-state index in [1.54, 1.807) is 0 Å². The van der Waals surface area contributed by atoms with Crippen LogP contribution in [0.5, 0.6) is 0 Å². The maximum absolute atomic E-state index is 12.0. The van der Waals surface area contributed by atoms with Crippen LogP contribution in [0.25, 0.3) is 0 Å². The molecular weight excluding hydrogens is 300 g/mol. The SMILES string of the molecule is CCC(C)C(=O)Nc1cccc(CNc2ccnc(C3CC3)n2)c1. The Bertz CT molecular complexity index is 712. The third kappa shape index (κ3) is 4.31. The molecule has 0 aliphatic heterocycles. The Labute approximate surface area is 142 Å². The van der Waals surface area contributed by atoms with Gasteiger partial charge in [-0.05, 0) is 43.0 Å². The zero-order chi connectivity index (χ0) is 16.9. The molecule has 5 nitrogen and oxygen atoms in total. The van der Waals surface area contributed by atoms with E-state index in [-0.39, 0.29) is 11.8 Å². The van der Waals surface area contributed by atoms with Crippen molar-refractivity contribution in [3.63, 3.8) is 0 Å². The van der Waals surface area contributed by atoms with E-state index in [0.29, 0.717) is 12.5 Å². The number of aromatic nitrogens is 2. The molecule has 1 aliphatic rings. The number of carbonyl (C=O) groups is 1. The summed E-state index contributed by atoms with van der Waals surface area (Å²) in [6.07, 6.45) is 5.04. The zero-order valence-corrected chi connectivity index (χ0v) is 14.2. The fraction of sp³-hybridized carbons (Fsp3) is 0.421. The third-order valence-electron chi connectivity index (χ3n) is 4.34. The van der Waals surface area contributed by atoms with Crippen molar-refractivity contribution in [2.24, 2.45) is 5.92 Å². The van der Waals surface area contributed by atoms with Crippen molar-refractivity contribution in [3.8, 4) is 0 Å². The molecule has 2 N–H and O–H groups in total. The zero-order valence-electron chi connectivity index (χ0n) is 14.2. The average Bonchev–Trinajstić information content (AvgIpc) is 3.45. The number of anilines is 2. The molecule has 24 heavy (non-hydrogen) atoms. The molecule has 1 atom stereocenters. The Morgan fingerprint density at radius 1 is 1.33 bits per heavy atom. The van der Waals surface area contributed by atoms with Crippen molar-refractivity contribution in [3.05, 3.63) is 47.9 Å². The van der Waals surface area contributed by atoms with Gasteiger partial charge in [0.2, 0.25) is 5.91 Å². The molecule has 0 bridgehead atoms. The van der Waals surface area contributed by atoms with E-state index in [1.807, 2.05) is 50.4 Å². The molecular formula is C19H24N4O. The second-order valence-corrected chi connectivity index (χ2v) is 6.43. The molecule has 1 aromatic heterocycles. The molecule has 1 aromatic carbocycles. The lowest BCUT2D eigenvalue weighted by molar-refractivity contribution is -0.119. The third-order valence-corrected chi connectivity index (χ3v) is 4.34. The molecule has 1 fully saturated rings. The van der Waals surface area contributed by atoms with E-state index in [9.17, 15) is 4.79 Å². The van der Waals surface area contributed by atoms with E-state index in [1.165, 1.54) is 12.8 Å². The summed E-state index contributed by atoms with van der Waals surface area (Å²) in [4.78, 5) is 20.9. The quantitative estimate of drug-likeness (QED) is 0.809. The van der Waals surface area contributed by atoms with E-state index in [2.05, 4.69) is 20.6 Å². The summed E-state index contributed by atoms with van der Waals surface area (Å²) in [5.41, 5.74) is 1.93. The first-order valence-electron chi connectivity index (χ1n) is 8.62. The second-order valence-electron chi connectivity index (χ2n) is 6.43. The van der Waals surface area contributed by atoms with Crippen molar-refractivity contribution in [1.29, 1.82) is 0 Å². The molecule has 2 aromatic rings. The van der Waals surface area contributed by atoms with Crippen molar-refractivity contribution in [1.82, 2.24) is 9.97 Å². The number of benzene rings is 1. The largest absolute Gasteiger partial charge is 0.366 e. The van der Waals surface area contributed by atoms with E-state index >= 15 is 0 Å². The van der Waals surface area contributed by atoms with Gasteiger partial charge in [0.1, 0.15) is 11.6 Å². The van der Waals surface area contributed by atoms with Crippen molar-refractivity contribution < 1.29 is 4.79 Å². The Morgan fingerprint density at radius 3 is 2.92 bits per heavy atom. The van der Waals surface area contributed by atoms with Crippen LogP contribution in [-0.2, 0) is 11.3 Å². The number of amides is 1. The minimum Gasteiger partial charge on any atom is -0.366 e. The summed E-state index contributed by atoms with van der Waals surface area (Å²) in [5, 5.41) is 6.31. The highest BCUT2D eigenvalue weighted by Crippen LogP contribution is 2.38. The summed E-state index contributed by atoms with van der Waals surface area (Å²) in [5.74, 6) is 2.42. The highest BCUT2D eigenvalue weighted by atomic mass is 16.1. The van der Waals surface area contributed by atoms with Gasteiger partial charge in [0, 0.05) is 30.3 Å². The minimum atomic E-state index is 0.0219. The topological polar surface area (TPSA) is 66.9 Å². The second kappa shape index (κ2) is 7.43. The molecule has 1 amide bonds. The molecule has 0 saturated heterocycles. The van der Waals surface area contributed by atoms with E-state index in [0.717, 1.165) is 29.3 Å². The van der Waals surface area contributed by atoms with Crippen LogP contribution in [0.4, 0.5) is 11.5 Å². The van der Waals surface area contributed by atoms with Gasteiger partial charge in [-0.15, -0.1) is 0 Å². The van der Waals surface area contributed by atoms with Gasteiger partial charge < -0.3 is 10.6 Å². The van der Waals surface area contributed by atoms with E-state index < -0.39 is 0 Å². The van der Waals surface area contributed by atoms with Gasteiger partial charge in [0.05, 0.1) is 0 Å². The average molecular weight is 324 g/mol. The first kappa shape index (κ1) is 16.4. The number of carbonyl (C=O) groups excluding carboxylic acids is 1. The molecule has 3 rings (SSSR count). The lowest BCUT2D eigenvalue weighted by Crippen LogP contribution is -2.19. The minimum absolute atomic E-state index is 0.0219. The Morgan fingerprint density at radius 2 is 2.17 bits per heavy atom. The maximum Gasteiger partial charge on any atom is 0.227 e. The van der Waals surface area contributed by atoms with Crippen molar-refractivity contribution in [2.45, 2.75) is 45.6 Å². The van der Waals surface area contributed by atoms with Crippen LogP contribution in [0, 0.1) is 5.92 Å². The fourth-order valence-electron chi connectivity index (χ4n) is 2.41. The molecule has 1 saturated carbocycles. The van der Waals surface area contributed by atoms with Crippen molar-refractivity contribution >= 4 is 17.4 Å². The number of rotatable bonds is 7. The molecule has 0 spiro atoms. The Kier molecular flexibility index (Phi) is 5.08. The number of nitrogens with zero attached hydrogens (tertiary/aromatic N) is 2. The first-order valence-corrected chi connectivity index (χ1v) is 8.62. The standard InChI is InChI=1S/C19H24N4O/c1-3-13(2)19(24)22-16-6-4-5-14(11-16)12-21-17-9-10-20-18(23-17)15-7-8-15/h4-6,9-11,13,15H,3,7-8,12H2,1-2H3,(H,22,24)(H,20,21,23). The molecule has 1 heterocycles. The number of nitrogens with one attached hydrogen (secondary N) is 2. The predicted octanol–water partition coefficient (Wildman–Crippen LogP) is 3.95. The summed E-state index contributed by atoms with van der Waals surface area (Å²) in [6, 6.07) is 9.80. The first-order chi connectivity index (χ1) is 11.7. The van der Waals surface area contributed by atoms with Crippen LogP contribution in [0.15, 0.2) is 36.5 Å². The smallest absolute Gasteiger partial charge is 0.227 e. The molecule has 126 valence electrons. The van der Waals surface area contributed by atoms with Crippen LogP contribution < -0.4 is 10.6 Å². The summed E-state index contributed by atoms with van der Waals surface area (Å²) >= 11 is 0. The lowest BCUT2D eigenvalue weighted by atomic mass is 10.1. The highest BCUT2D eigenvalue weighted by Gasteiger charge is 2.26.